The van der Waals surface area contributed by atoms with Gasteiger partial charge in [-0.1, -0.05) is 19.3 Å². The molecular formula is C20H29FN4O3. The molecular weight excluding hydrogens is 363 g/mol. The van der Waals surface area contributed by atoms with Gasteiger partial charge in [0.15, 0.2) is 0 Å². The Hall–Kier alpha value is -2.64. The van der Waals surface area contributed by atoms with Gasteiger partial charge in [0, 0.05) is 31.7 Å². The third-order valence-corrected chi connectivity index (χ3v) is 4.73. The summed E-state index contributed by atoms with van der Waals surface area (Å²) >= 11 is 0. The predicted molar refractivity (Wildman–Crippen MR) is 105 cm³/mol. The van der Waals surface area contributed by atoms with E-state index in [1.807, 2.05) is 0 Å². The van der Waals surface area contributed by atoms with Gasteiger partial charge in [-0.05, 0) is 43.5 Å². The molecule has 0 aliphatic heterocycles. The molecule has 4 amide bonds. The summed E-state index contributed by atoms with van der Waals surface area (Å²) in [5.41, 5.74) is 0.473. The number of nitrogens with zero attached hydrogens (tertiary/aromatic N) is 1. The van der Waals surface area contributed by atoms with Crippen LogP contribution in [0.5, 0.6) is 0 Å². The molecule has 1 saturated carbocycles. The van der Waals surface area contributed by atoms with Crippen LogP contribution >= 0.6 is 0 Å². The van der Waals surface area contributed by atoms with Gasteiger partial charge >= 0.3 is 6.03 Å². The zero-order chi connectivity index (χ0) is 20.4. The minimum Gasteiger partial charge on any atom is -0.338 e. The standard InChI is InChI=1S/C20H29FN4O3/c1-25(14-18(26)23-17-11-9-15(21)10-12-17)19(27)8-5-13-22-20(28)24-16-6-3-2-4-7-16/h9-12,16H,2-8,13-14H2,1H3,(H,23,26)(H2,22,24,28). The van der Waals surface area contributed by atoms with Crippen molar-refractivity contribution in [2.75, 3.05) is 25.5 Å². The average molecular weight is 392 g/mol. The fraction of sp³-hybridized carbons (Fsp3) is 0.550. The maximum Gasteiger partial charge on any atom is 0.315 e. The quantitative estimate of drug-likeness (QED) is 0.594. The highest BCUT2D eigenvalue weighted by molar-refractivity contribution is 5.94. The van der Waals surface area contributed by atoms with Gasteiger partial charge in [-0.15, -0.1) is 0 Å². The summed E-state index contributed by atoms with van der Waals surface area (Å²) < 4.78 is 12.9. The third kappa shape index (κ3) is 7.94. The van der Waals surface area contributed by atoms with Crippen molar-refractivity contribution in [1.82, 2.24) is 15.5 Å². The molecule has 28 heavy (non-hydrogen) atoms. The first-order valence-corrected chi connectivity index (χ1v) is 9.78. The molecule has 0 spiro atoms. The number of anilines is 1. The van der Waals surface area contributed by atoms with Gasteiger partial charge in [-0.25, -0.2) is 9.18 Å². The lowest BCUT2D eigenvalue weighted by Gasteiger charge is -2.22. The van der Waals surface area contributed by atoms with Gasteiger partial charge in [-0.3, -0.25) is 9.59 Å². The molecule has 2 rings (SSSR count). The van der Waals surface area contributed by atoms with E-state index in [0.717, 1.165) is 25.7 Å². The molecule has 7 nitrogen and oxygen atoms in total. The van der Waals surface area contributed by atoms with Crippen molar-refractivity contribution in [3.05, 3.63) is 30.1 Å². The Morgan fingerprint density at radius 3 is 2.46 bits per heavy atom. The zero-order valence-electron chi connectivity index (χ0n) is 16.3. The minimum absolute atomic E-state index is 0.0915. The van der Waals surface area contributed by atoms with Gasteiger partial charge < -0.3 is 20.9 Å². The van der Waals surface area contributed by atoms with Crippen LogP contribution in [-0.4, -0.2) is 48.9 Å². The highest BCUT2D eigenvalue weighted by atomic mass is 19.1. The maximum atomic E-state index is 12.9. The normalized spacial score (nSPS) is 14.2. The highest BCUT2D eigenvalue weighted by Gasteiger charge is 2.16. The molecule has 1 aromatic carbocycles. The third-order valence-electron chi connectivity index (χ3n) is 4.73. The molecule has 1 aliphatic rings. The van der Waals surface area contributed by atoms with E-state index in [9.17, 15) is 18.8 Å². The molecule has 0 unspecified atom stereocenters. The fourth-order valence-electron chi connectivity index (χ4n) is 3.15. The Balaban J connectivity index is 1.59. The monoisotopic (exact) mass is 392 g/mol. The molecule has 154 valence electrons. The van der Waals surface area contributed by atoms with Crippen LogP contribution in [0.2, 0.25) is 0 Å². The SMILES string of the molecule is CN(CC(=O)Nc1ccc(F)cc1)C(=O)CCCNC(=O)NC1CCCCC1. The second-order valence-corrected chi connectivity index (χ2v) is 7.14. The van der Waals surface area contributed by atoms with Gasteiger partial charge in [0.2, 0.25) is 11.8 Å². The Morgan fingerprint density at radius 1 is 1.11 bits per heavy atom. The van der Waals surface area contributed by atoms with E-state index in [1.165, 1.54) is 35.6 Å². The van der Waals surface area contributed by atoms with E-state index in [1.54, 1.807) is 7.05 Å². The number of carbonyl (C=O) groups is 3. The Morgan fingerprint density at radius 2 is 1.79 bits per heavy atom. The van der Waals surface area contributed by atoms with E-state index < -0.39 is 0 Å². The molecule has 1 aromatic rings. The Kier molecular flexibility index (Phi) is 8.71. The van der Waals surface area contributed by atoms with Crippen molar-refractivity contribution in [2.24, 2.45) is 0 Å². The smallest absolute Gasteiger partial charge is 0.315 e. The van der Waals surface area contributed by atoms with Gasteiger partial charge in [-0.2, -0.15) is 0 Å². The number of rotatable bonds is 8. The molecule has 1 aliphatic carbocycles. The molecule has 0 heterocycles. The second kappa shape index (κ2) is 11.3. The molecule has 3 N–H and O–H groups in total. The van der Waals surface area contributed by atoms with Crippen LogP contribution in [0.1, 0.15) is 44.9 Å². The van der Waals surface area contributed by atoms with Gasteiger partial charge in [0.25, 0.3) is 0 Å². The first kappa shape index (κ1) is 21.7. The fourth-order valence-corrected chi connectivity index (χ4v) is 3.15. The topological polar surface area (TPSA) is 90.5 Å². The van der Waals surface area contributed by atoms with Crippen LogP contribution < -0.4 is 16.0 Å². The number of benzene rings is 1. The summed E-state index contributed by atoms with van der Waals surface area (Å²) in [5, 5.41) is 8.34. The van der Waals surface area contributed by atoms with Crippen LogP contribution in [0.3, 0.4) is 0 Å². The lowest BCUT2D eigenvalue weighted by molar-refractivity contribution is -0.133. The first-order valence-electron chi connectivity index (χ1n) is 9.78. The number of amides is 4. The summed E-state index contributed by atoms with van der Waals surface area (Å²) in [6.07, 6.45) is 6.33. The molecule has 0 atom stereocenters. The van der Waals surface area contributed by atoms with E-state index in [-0.39, 0.29) is 42.7 Å². The molecule has 0 saturated heterocycles. The van der Waals surface area contributed by atoms with Crippen molar-refractivity contribution in [1.29, 1.82) is 0 Å². The summed E-state index contributed by atoms with van der Waals surface area (Å²) in [5.74, 6) is -0.914. The number of carbonyl (C=O) groups excluding carboxylic acids is 3. The van der Waals surface area contributed by atoms with Crippen molar-refractivity contribution < 1.29 is 18.8 Å². The molecule has 0 aromatic heterocycles. The number of urea groups is 1. The zero-order valence-corrected chi connectivity index (χ0v) is 16.3. The predicted octanol–water partition coefficient (Wildman–Crippen LogP) is 2.63. The first-order chi connectivity index (χ1) is 13.4. The van der Waals surface area contributed by atoms with E-state index in [0.29, 0.717) is 18.7 Å². The summed E-state index contributed by atoms with van der Waals surface area (Å²) in [4.78, 5) is 37.2. The summed E-state index contributed by atoms with van der Waals surface area (Å²) in [7, 11) is 1.55. The second-order valence-electron chi connectivity index (χ2n) is 7.14. The summed E-state index contributed by atoms with van der Waals surface area (Å²) in [6, 6.07) is 5.48. The average Bonchev–Trinajstić information content (AvgIpc) is 2.67. The molecule has 8 heteroatoms. The Bertz CT molecular complexity index is 660. The molecule has 1 fully saturated rings. The lowest BCUT2D eigenvalue weighted by atomic mass is 9.96. The Labute approximate surface area is 165 Å². The van der Waals surface area contributed by atoms with E-state index in [2.05, 4.69) is 16.0 Å². The van der Waals surface area contributed by atoms with Gasteiger partial charge in [0.05, 0.1) is 6.54 Å². The number of halogens is 1. The highest BCUT2D eigenvalue weighted by Crippen LogP contribution is 2.17. The molecule has 0 bridgehead atoms. The number of hydrogen-bond acceptors (Lipinski definition) is 3. The van der Waals surface area contributed by atoms with Crippen molar-refractivity contribution in [3.63, 3.8) is 0 Å². The largest absolute Gasteiger partial charge is 0.338 e. The molecule has 0 radical (unpaired) electrons. The van der Waals surface area contributed by atoms with Crippen LogP contribution in [-0.2, 0) is 9.59 Å². The van der Waals surface area contributed by atoms with Crippen LogP contribution in [0.15, 0.2) is 24.3 Å². The van der Waals surface area contributed by atoms with Crippen molar-refractivity contribution >= 4 is 23.5 Å². The van der Waals surface area contributed by atoms with Gasteiger partial charge in [0.1, 0.15) is 5.82 Å². The summed E-state index contributed by atoms with van der Waals surface area (Å²) in [6.45, 7) is 0.311. The van der Waals surface area contributed by atoms with Crippen molar-refractivity contribution in [2.45, 2.75) is 51.0 Å². The van der Waals surface area contributed by atoms with E-state index in [4.69, 9.17) is 0 Å². The minimum atomic E-state index is -0.383. The van der Waals surface area contributed by atoms with Crippen LogP contribution in [0.25, 0.3) is 0 Å². The van der Waals surface area contributed by atoms with Crippen LogP contribution in [0.4, 0.5) is 14.9 Å². The number of hydrogen-bond donors (Lipinski definition) is 3. The van der Waals surface area contributed by atoms with Crippen molar-refractivity contribution in [3.8, 4) is 0 Å². The number of nitrogens with one attached hydrogen (secondary N) is 3. The maximum absolute atomic E-state index is 12.9. The van der Waals surface area contributed by atoms with E-state index >= 15 is 0 Å². The van der Waals surface area contributed by atoms with Crippen LogP contribution in [0, 0.1) is 5.82 Å². The lowest BCUT2D eigenvalue weighted by Crippen LogP contribution is -2.43. The number of likely N-dealkylation sites (N-methyl/N-ethyl adjacent to an activating group) is 1.